The lowest BCUT2D eigenvalue weighted by atomic mass is 9.93. The van der Waals surface area contributed by atoms with Crippen molar-refractivity contribution in [1.82, 2.24) is 5.43 Å². The van der Waals surface area contributed by atoms with Crippen LogP contribution in [-0.4, -0.2) is 24.0 Å². The average Bonchev–Trinajstić information content (AvgIpc) is 2.43. The fraction of sp³-hybridized carbons (Fsp3) is 0.357. The number of Topliss-reactive ketones (excluding diaryl/α,β-unsaturated/α-hetero) is 1. The molecule has 1 heterocycles. The minimum atomic E-state index is -0.914. The summed E-state index contributed by atoms with van der Waals surface area (Å²) in [6.07, 6.45) is 0.111. The Bertz CT molecular complexity index is 677. The van der Waals surface area contributed by atoms with Crippen LogP contribution in [-0.2, 0) is 9.59 Å². The summed E-state index contributed by atoms with van der Waals surface area (Å²) in [5.41, 5.74) is 2.27. The van der Waals surface area contributed by atoms with Gasteiger partial charge in [0.1, 0.15) is 11.6 Å². The molecule has 22 heavy (non-hydrogen) atoms. The predicted octanol–water partition coefficient (Wildman–Crippen LogP) is 2.45. The highest BCUT2D eigenvalue weighted by Gasteiger charge is 2.28. The van der Waals surface area contributed by atoms with Crippen molar-refractivity contribution in [2.24, 2.45) is 11.0 Å². The van der Waals surface area contributed by atoms with E-state index in [9.17, 15) is 18.4 Å². The number of hydrogen-bond acceptors (Lipinski definition) is 4. The number of benzene rings is 1. The van der Waals surface area contributed by atoms with E-state index in [1.54, 1.807) is 6.92 Å². The Kier molecular flexibility index (Phi) is 4.75. The van der Waals surface area contributed by atoms with Gasteiger partial charge < -0.3 is 4.74 Å². The summed E-state index contributed by atoms with van der Waals surface area (Å²) in [7, 11) is 0. The second-order valence-electron chi connectivity index (χ2n) is 4.99. The Morgan fingerprint density at radius 1 is 1.55 bits per heavy atom. The molecule has 0 bridgehead atoms. The smallest absolute Gasteiger partial charge is 0.240 e. The van der Waals surface area contributed by atoms with Gasteiger partial charge in [-0.3, -0.25) is 9.59 Å². The maximum atomic E-state index is 14.4. The Hall–Kier alpha value is -2.02. The monoisotopic (exact) mass is 330 g/mol. The largest absolute Gasteiger partial charge is 0.481 e. The minimum absolute atomic E-state index is 0.111. The molecule has 0 fully saturated rings. The fourth-order valence-corrected chi connectivity index (χ4v) is 2.30. The molecule has 8 heteroatoms. The molecule has 1 unspecified atom stereocenters. The number of ether oxygens (including phenoxy) is 1. The van der Waals surface area contributed by atoms with E-state index in [4.69, 9.17) is 16.3 Å². The van der Waals surface area contributed by atoms with Crippen LogP contribution in [0.3, 0.4) is 0 Å². The molecule has 1 aliphatic rings. The number of hydrogen-bond donors (Lipinski definition) is 1. The van der Waals surface area contributed by atoms with Crippen LogP contribution in [0.15, 0.2) is 11.2 Å². The first-order chi connectivity index (χ1) is 10.3. The van der Waals surface area contributed by atoms with Crippen LogP contribution in [0.1, 0.15) is 25.8 Å². The van der Waals surface area contributed by atoms with Crippen molar-refractivity contribution in [2.75, 3.05) is 6.61 Å². The first kappa shape index (κ1) is 16.4. The predicted molar refractivity (Wildman–Crippen MR) is 76.0 cm³/mol. The van der Waals surface area contributed by atoms with Gasteiger partial charge in [0, 0.05) is 17.9 Å². The van der Waals surface area contributed by atoms with Gasteiger partial charge in [-0.05, 0) is 13.0 Å². The maximum absolute atomic E-state index is 14.4. The van der Waals surface area contributed by atoms with Crippen LogP contribution in [0.4, 0.5) is 8.78 Å². The van der Waals surface area contributed by atoms with Gasteiger partial charge in [0.05, 0.1) is 5.71 Å². The lowest BCUT2D eigenvalue weighted by Gasteiger charge is -2.20. The van der Waals surface area contributed by atoms with Gasteiger partial charge in [0.15, 0.2) is 23.2 Å². The second-order valence-corrected chi connectivity index (χ2v) is 5.37. The zero-order chi connectivity index (χ0) is 16.4. The number of nitrogens with zero attached hydrogens (tertiary/aromatic N) is 1. The molecular weight excluding hydrogens is 318 g/mol. The molecular formula is C14H13ClF2N2O3. The number of amides is 1. The molecule has 0 aromatic heterocycles. The number of ketones is 1. The fourth-order valence-electron chi connectivity index (χ4n) is 2.05. The Morgan fingerprint density at radius 3 is 2.82 bits per heavy atom. The highest BCUT2D eigenvalue weighted by molar-refractivity contribution is 6.32. The molecule has 1 aromatic carbocycles. The summed E-state index contributed by atoms with van der Waals surface area (Å²) in [6.45, 7) is 2.50. The van der Waals surface area contributed by atoms with Crippen LogP contribution >= 0.6 is 11.6 Å². The van der Waals surface area contributed by atoms with Gasteiger partial charge in [-0.2, -0.15) is 5.10 Å². The zero-order valence-corrected chi connectivity index (χ0v) is 12.6. The normalized spacial score (nSPS) is 17.8. The third-order valence-corrected chi connectivity index (χ3v) is 3.41. The van der Waals surface area contributed by atoms with E-state index in [1.165, 1.54) is 6.92 Å². The molecule has 2 rings (SSSR count). The molecule has 0 saturated heterocycles. The van der Waals surface area contributed by atoms with Gasteiger partial charge in [-0.1, -0.05) is 18.5 Å². The Morgan fingerprint density at radius 2 is 2.23 bits per heavy atom. The molecule has 1 atom stereocenters. The highest BCUT2D eigenvalue weighted by Crippen LogP contribution is 2.34. The molecule has 1 amide bonds. The standard InChI is InChI=1S/C14H13ClF2N2O3/c1-6-3-10(21)18-19-13(6)8-4-9(16)14(11(15)12(8)17)22-5-7(2)20/h4,6H,3,5H2,1-2H3,(H,18,21). The van der Waals surface area contributed by atoms with Gasteiger partial charge >= 0.3 is 0 Å². The number of hydrazone groups is 1. The topological polar surface area (TPSA) is 67.8 Å². The van der Waals surface area contributed by atoms with Crippen LogP contribution in [0.2, 0.25) is 5.02 Å². The van der Waals surface area contributed by atoms with E-state index in [1.807, 2.05) is 0 Å². The number of rotatable bonds is 4. The Balaban J connectivity index is 2.43. The van der Waals surface area contributed by atoms with E-state index < -0.39 is 29.0 Å². The number of carbonyl (C=O) groups excluding carboxylic acids is 2. The lowest BCUT2D eigenvalue weighted by molar-refractivity contribution is -0.122. The molecule has 0 radical (unpaired) electrons. The average molecular weight is 331 g/mol. The molecule has 0 spiro atoms. The molecule has 118 valence electrons. The molecule has 1 aromatic rings. The summed E-state index contributed by atoms with van der Waals surface area (Å²) in [4.78, 5) is 22.1. The summed E-state index contributed by atoms with van der Waals surface area (Å²) in [5.74, 6) is -3.38. The minimum Gasteiger partial charge on any atom is -0.481 e. The van der Waals surface area contributed by atoms with Crippen molar-refractivity contribution in [3.05, 3.63) is 28.3 Å². The first-order valence-corrected chi connectivity index (χ1v) is 6.85. The van der Waals surface area contributed by atoms with Crippen molar-refractivity contribution in [2.45, 2.75) is 20.3 Å². The number of nitrogens with one attached hydrogen (secondary N) is 1. The summed E-state index contributed by atoms with van der Waals surface area (Å²) < 4.78 is 33.3. The van der Waals surface area contributed by atoms with Gasteiger partial charge in [-0.25, -0.2) is 14.2 Å². The van der Waals surface area contributed by atoms with Gasteiger partial charge in [-0.15, -0.1) is 0 Å². The van der Waals surface area contributed by atoms with Crippen LogP contribution in [0, 0.1) is 17.6 Å². The zero-order valence-electron chi connectivity index (χ0n) is 11.9. The van der Waals surface area contributed by atoms with Crippen molar-refractivity contribution in [3.8, 4) is 5.75 Å². The molecule has 5 nitrogen and oxygen atoms in total. The molecule has 1 aliphatic heterocycles. The van der Waals surface area contributed by atoms with Crippen LogP contribution in [0.5, 0.6) is 5.75 Å². The van der Waals surface area contributed by atoms with E-state index in [-0.39, 0.29) is 35.3 Å². The SMILES string of the molecule is CC(=O)COc1c(F)cc(C2=NNC(=O)CC2C)c(F)c1Cl. The third kappa shape index (κ3) is 3.24. The van der Waals surface area contributed by atoms with Gasteiger partial charge in [0.25, 0.3) is 0 Å². The lowest BCUT2D eigenvalue weighted by Crippen LogP contribution is -2.32. The van der Waals surface area contributed by atoms with E-state index in [0.717, 1.165) is 6.07 Å². The van der Waals surface area contributed by atoms with Crippen molar-refractivity contribution in [1.29, 1.82) is 0 Å². The van der Waals surface area contributed by atoms with E-state index in [0.29, 0.717) is 0 Å². The molecule has 0 saturated carbocycles. The summed E-state index contributed by atoms with van der Waals surface area (Å²) in [6, 6.07) is 0.892. The van der Waals surface area contributed by atoms with Crippen molar-refractivity contribution < 1.29 is 23.1 Å². The van der Waals surface area contributed by atoms with Crippen molar-refractivity contribution >= 4 is 29.0 Å². The molecule has 1 N–H and O–H groups in total. The van der Waals surface area contributed by atoms with Gasteiger partial charge in [0.2, 0.25) is 5.91 Å². The van der Waals surface area contributed by atoms with E-state index >= 15 is 0 Å². The van der Waals surface area contributed by atoms with Crippen LogP contribution < -0.4 is 10.2 Å². The van der Waals surface area contributed by atoms with Crippen LogP contribution in [0.25, 0.3) is 0 Å². The highest BCUT2D eigenvalue weighted by atomic mass is 35.5. The molecule has 0 aliphatic carbocycles. The second kappa shape index (κ2) is 6.39. The third-order valence-electron chi connectivity index (χ3n) is 3.07. The summed E-state index contributed by atoms with van der Waals surface area (Å²) in [5, 5.41) is 3.20. The van der Waals surface area contributed by atoms with Crippen molar-refractivity contribution in [3.63, 3.8) is 0 Å². The van der Waals surface area contributed by atoms with E-state index in [2.05, 4.69) is 10.5 Å². The number of halogens is 3. The quantitative estimate of drug-likeness (QED) is 0.862. The first-order valence-electron chi connectivity index (χ1n) is 6.47. The summed E-state index contributed by atoms with van der Waals surface area (Å²) >= 11 is 5.79. The maximum Gasteiger partial charge on any atom is 0.240 e. The Labute approximate surface area is 130 Å². The number of carbonyl (C=O) groups is 2.